The molecule has 108 valence electrons. The van der Waals surface area contributed by atoms with Crippen molar-refractivity contribution in [2.45, 2.75) is 12.8 Å². The van der Waals surface area contributed by atoms with Gasteiger partial charge in [-0.1, -0.05) is 18.2 Å². The number of H-pyrrole nitrogens is 2. The zero-order chi connectivity index (χ0) is 15.3. The Hall–Kier alpha value is -3.20. The van der Waals surface area contributed by atoms with Crippen molar-refractivity contribution in [1.82, 2.24) is 15.2 Å². The largest absolute Gasteiger partial charge is 0.420 e. The van der Waals surface area contributed by atoms with Crippen molar-refractivity contribution in [2.75, 3.05) is 0 Å². The number of nitrogens with zero attached hydrogens (tertiary/aromatic N) is 2. The average molecular weight is 291 g/mol. The molecule has 4 rings (SSSR count). The van der Waals surface area contributed by atoms with Crippen molar-refractivity contribution in [1.29, 1.82) is 5.26 Å². The molecule has 0 saturated carbocycles. The fourth-order valence-electron chi connectivity index (χ4n) is 3.04. The predicted molar refractivity (Wildman–Crippen MR) is 80.9 cm³/mol. The lowest BCUT2D eigenvalue weighted by molar-refractivity contribution is 0.379. The second-order valence-electron chi connectivity index (χ2n) is 5.28. The summed E-state index contributed by atoms with van der Waals surface area (Å²) in [4.78, 5) is 3.24. The van der Waals surface area contributed by atoms with Crippen LogP contribution in [0.15, 0.2) is 41.9 Å². The highest BCUT2D eigenvalue weighted by atomic mass is 16.5. The first-order valence-corrected chi connectivity index (χ1v) is 6.89. The summed E-state index contributed by atoms with van der Waals surface area (Å²) in [6.07, 6.45) is 1.92. The van der Waals surface area contributed by atoms with Crippen LogP contribution in [-0.4, -0.2) is 15.2 Å². The van der Waals surface area contributed by atoms with Crippen LogP contribution >= 0.6 is 0 Å². The predicted octanol–water partition coefficient (Wildman–Crippen LogP) is 2.42. The quantitative estimate of drug-likeness (QED) is 0.640. The number of aromatic amines is 2. The van der Waals surface area contributed by atoms with E-state index in [4.69, 9.17) is 10.5 Å². The van der Waals surface area contributed by atoms with Gasteiger partial charge in [0.2, 0.25) is 11.8 Å². The number of nitrogens with two attached hydrogens (primary N) is 1. The number of ether oxygens (including phenoxy) is 1. The van der Waals surface area contributed by atoms with Crippen LogP contribution in [0.3, 0.4) is 0 Å². The van der Waals surface area contributed by atoms with E-state index < -0.39 is 0 Å². The summed E-state index contributed by atoms with van der Waals surface area (Å²) in [7, 11) is 0. The van der Waals surface area contributed by atoms with Crippen LogP contribution in [0, 0.1) is 18.3 Å². The van der Waals surface area contributed by atoms with Gasteiger partial charge in [0, 0.05) is 28.4 Å². The van der Waals surface area contributed by atoms with Gasteiger partial charge in [-0.2, -0.15) is 5.26 Å². The monoisotopic (exact) mass is 291 g/mol. The molecule has 0 bridgehead atoms. The molecule has 0 spiro atoms. The number of rotatable bonds is 1. The van der Waals surface area contributed by atoms with E-state index >= 15 is 0 Å². The number of para-hydroxylation sites is 1. The molecule has 0 aliphatic carbocycles. The zero-order valence-electron chi connectivity index (χ0n) is 11.8. The third kappa shape index (κ3) is 1.56. The number of hydrogen-bond donors (Lipinski definition) is 3. The molecule has 4 N–H and O–H groups in total. The number of nitrogens with one attached hydrogen (secondary N) is 2. The zero-order valence-corrected chi connectivity index (χ0v) is 11.8. The van der Waals surface area contributed by atoms with Crippen LogP contribution in [0.1, 0.15) is 22.7 Å². The van der Waals surface area contributed by atoms with Crippen molar-refractivity contribution in [3.05, 3.63) is 58.7 Å². The Bertz CT molecular complexity index is 956. The van der Waals surface area contributed by atoms with E-state index in [1.54, 1.807) is 0 Å². The van der Waals surface area contributed by atoms with E-state index in [0.717, 1.165) is 27.7 Å². The highest BCUT2D eigenvalue weighted by Crippen LogP contribution is 2.44. The summed E-state index contributed by atoms with van der Waals surface area (Å²) in [5, 5.41) is 17.6. The Morgan fingerprint density at radius 1 is 1.36 bits per heavy atom. The van der Waals surface area contributed by atoms with Gasteiger partial charge in [-0.15, -0.1) is 5.10 Å². The SMILES string of the molecule is Cc1[nH]nc2c1[C@@H](c1c[nH]c3ccccc13)C(C#N)=C(N)O2. The van der Waals surface area contributed by atoms with Gasteiger partial charge >= 0.3 is 0 Å². The van der Waals surface area contributed by atoms with Gasteiger partial charge in [0.05, 0.1) is 5.92 Å². The molecule has 3 heterocycles. The van der Waals surface area contributed by atoms with Gasteiger partial charge < -0.3 is 15.5 Å². The van der Waals surface area contributed by atoms with E-state index in [0.29, 0.717) is 11.5 Å². The third-order valence-corrected chi connectivity index (χ3v) is 4.06. The first kappa shape index (κ1) is 12.5. The highest BCUT2D eigenvalue weighted by Gasteiger charge is 2.35. The van der Waals surface area contributed by atoms with E-state index in [1.165, 1.54) is 0 Å². The van der Waals surface area contributed by atoms with Crippen molar-refractivity contribution in [3.63, 3.8) is 0 Å². The number of nitriles is 1. The van der Waals surface area contributed by atoms with Gasteiger partial charge in [-0.05, 0) is 18.6 Å². The first-order chi connectivity index (χ1) is 10.7. The lowest BCUT2D eigenvalue weighted by Crippen LogP contribution is -2.20. The molecule has 1 aliphatic rings. The summed E-state index contributed by atoms with van der Waals surface area (Å²) in [6, 6.07) is 10.2. The first-order valence-electron chi connectivity index (χ1n) is 6.89. The molecular formula is C16H13N5O. The van der Waals surface area contributed by atoms with Crippen molar-refractivity contribution in [2.24, 2.45) is 5.73 Å². The number of aryl methyl sites for hydroxylation is 1. The molecule has 6 heteroatoms. The molecule has 1 atom stereocenters. The fourth-order valence-corrected chi connectivity index (χ4v) is 3.04. The average Bonchev–Trinajstić information content (AvgIpc) is 3.10. The van der Waals surface area contributed by atoms with Crippen LogP contribution in [0.4, 0.5) is 0 Å². The van der Waals surface area contributed by atoms with Crippen LogP contribution in [0.5, 0.6) is 5.88 Å². The molecule has 3 aromatic rings. The Morgan fingerprint density at radius 2 is 2.18 bits per heavy atom. The minimum Gasteiger partial charge on any atom is -0.420 e. The molecule has 0 saturated heterocycles. The Morgan fingerprint density at radius 3 is 3.00 bits per heavy atom. The maximum Gasteiger partial charge on any atom is 0.244 e. The van der Waals surface area contributed by atoms with E-state index in [9.17, 15) is 5.26 Å². The molecule has 0 amide bonds. The Labute approximate surface area is 126 Å². The van der Waals surface area contributed by atoms with Crippen LogP contribution < -0.4 is 10.5 Å². The molecule has 2 aromatic heterocycles. The lowest BCUT2D eigenvalue weighted by atomic mass is 9.84. The third-order valence-electron chi connectivity index (χ3n) is 4.06. The van der Waals surface area contributed by atoms with Crippen molar-refractivity contribution in [3.8, 4) is 11.9 Å². The van der Waals surface area contributed by atoms with Crippen molar-refractivity contribution < 1.29 is 4.74 Å². The lowest BCUT2D eigenvalue weighted by Gasteiger charge is -2.23. The normalized spacial score (nSPS) is 17.2. The minimum absolute atomic E-state index is 0.108. The molecule has 22 heavy (non-hydrogen) atoms. The van der Waals surface area contributed by atoms with Crippen molar-refractivity contribution >= 4 is 10.9 Å². The fraction of sp³-hybridized carbons (Fsp3) is 0.125. The number of aromatic nitrogens is 3. The molecule has 0 fully saturated rings. The number of allylic oxidation sites excluding steroid dienone is 1. The second-order valence-corrected chi connectivity index (χ2v) is 5.28. The maximum atomic E-state index is 9.55. The number of hydrogen-bond acceptors (Lipinski definition) is 4. The van der Waals surface area contributed by atoms with Crippen LogP contribution in [-0.2, 0) is 0 Å². The van der Waals surface area contributed by atoms with Crippen LogP contribution in [0.2, 0.25) is 0 Å². The van der Waals surface area contributed by atoms with Gasteiger partial charge in [0.1, 0.15) is 11.6 Å². The molecule has 6 nitrogen and oxygen atoms in total. The Kier molecular flexibility index (Phi) is 2.51. The number of benzene rings is 1. The minimum atomic E-state index is -0.288. The summed E-state index contributed by atoms with van der Waals surface area (Å²) < 4.78 is 5.48. The number of fused-ring (bicyclic) bond motifs is 2. The molecule has 1 aromatic carbocycles. The topological polar surface area (TPSA) is 104 Å². The molecule has 0 unspecified atom stereocenters. The second kappa shape index (κ2) is 4.40. The van der Waals surface area contributed by atoms with Gasteiger partial charge in [-0.3, -0.25) is 5.10 Å². The highest BCUT2D eigenvalue weighted by molar-refractivity contribution is 5.85. The summed E-state index contributed by atoms with van der Waals surface area (Å²) in [6.45, 7) is 1.91. The summed E-state index contributed by atoms with van der Waals surface area (Å²) >= 11 is 0. The maximum absolute atomic E-state index is 9.55. The molecule has 0 radical (unpaired) electrons. The molecule has 1 aliphatic heterocycles. The summed E-state index contributed by atoms with van der Waals surface area (Å²) in [5.41, 5.74) is 10.1. The van der Waals surface area contributed by atoms with Gasteiger partial charge in [0.15, 0.2) is 0 Å². The van der Waals surface area contributed by atoms with E-state index in [1.807, 2.05) is 37.4 Å². The van der Waals surface area contributed by atoms with Gasteiger partial charge in [0.25, 0.3) is 0 Å². The smallest absolute Gasteiger partial charge is 0.244 e. The van der Waals surface area contributed by atoms with Crippen LogP contribution in [0.25, 0.3) is 10.9 Å². The molecular weight excluding hydrogens is 278 g/mol. The van der Waals surface area contributed by atoms with Gasteiger partial charge in [-0.25, -0.2) is 0 Å². The van der Waals surface area contributed by atoms with E-state index in [-0.39, 0.29) is 11.8 Å². The van der Waals surface area contributed by atoms with E-state index in [2.05, 4.69) is 21.3 Å². The standard InChI is InChI=1S/C16H13N5O/c1-8-13-14(10(6-17)15(18)22-16(13)21-20-8)11-7-19-12-5-3-2-4-9(11)12/h2-5,7,14,19H,18H2,1H3,(H,20,21)/t14-/m1/s1. The summed E-state index contributed by atoms with van der Waals surface area (Å²) in [5.74, 6) is 0.254. The Balaban J connectivity index is 2.03.